The summed E-state index contributed by atoms with van der Waals surface area (Å²) in [5.41, 5.74) is 8.57. The summed E-state index contributed by atoms with van der Waals surface area (Å²) in [7, 11) is -3.00. The molecule has 0 unspecified atom stereocenters. The van der Waals surface area contributed by atoms with Crippen LogP contribution in [0, 0.1) is 0 Å². The third-order valence-electron chi connectivity index (χ3n) is 4.85. The number of hydrogen-bond acceptors (Lipinski definition) is 9. The number of hydrogen-bond donors (Lipinski definition) is 2. The molecule has 0 amide bonds. The smallest absolute Gasteiger partial charge is 0.811 e. The molecule has 2 aromatic heterocycles. The van der Waals surface area contributed by atoms with Gasteiger partial charge in [-0.3, -0.25) is 4.90 Å². The van der Waals surface area contributed by atoms with Crippen molar-refractivity contribution < 1.29 is 83.3 Å². The first-order valence-electron chi connectivity index (χ1n) is 9.40. The summed E-state index contributed by atoms with van der Waals surface area (Å²) in [5, 5.41) is 9.97. The molecule has 13 heteroatoms. The fraction of sp³-hybridized carbons (Fsp3) is 0.368. The van der Waals surface area contributed by atoms with E-state index in [-0.39, 0.29) is 78.8 Å². The Kier molecular flexibility index (Phi) is 12.4. The van der Waals surface area contributed by atoms with Crippen LogP contribution in [0.2, 0.25) is 0 Å². The van der Waals surface area contributed by atoms with Crippen LogP contribution < -0.4 is 79.4 Å². The Balaban J connectivity index is 0.00000256. The van der Waals surface area contributed by atoms with E-state index < -0.39 is 13.8 Å². The van der Waals surface area contributed by atoms with Crippen molar-refractivity contribution in [2.75, 3.05) is 45.2 Å². The van der Waals surface area contributed by atoms with Crippen LogP contribution in [-0.2, 0) is 11.1 Å². The molecule has 0 bridgehead atoms. The molecule has 0 aliphatic carbocycles. The molecule has 0 saturated carbocycles. The zero-order valence-corrected chi connectivity index (χ0v) is 23.5. The molecule has 162 valence electrons. The normalized spacial score (nSPS) is 11.3. The van der Waals surface area contributed by atoms with Crippen molar-refractivity contribution in [3.63, 3.8) is 0 Å². The molecule has 0 saturated heterocycles. The Morgan fingerprint density at radius 1 is 1.16 bits per heavy atom. The molecule has 0 spiro atoms. The number of aliphatic hydroxyl groups excluding tert-OH is 1. The van der Waals surface area contributed by atoms with Crippen LogP contribution in [0.1, 0.15) is 0 Å². The van der Waals surface area contributed by atoms with E-state index in [0.717, 1.165) is 22.3 Å². The number of anilines is 1. The van der Waals surface area contributed by atoms with Crippen LogP contribution in [0.15, 0.2) is 36.8 Å². The summed E-state index contributed by atoms with van der Waals surface area (Å²) in [4.78, 5) is 32.1. The van der Waals surface area contributed by atoms with Gasteiger partial charge in [-0.25, -0.2) is 9.97 Å². The van der Waals surface area contributed by atoms with Gasteiger partial charge in [-0.1, -0.05) is 19.7 Å². The predicted octanol–water partition coefficient (Wildman–Crippen LogP) is -6.09. The number of fused-ring (bicyclic) bond motifs is 1. The Labute approximate surface area is 230 Å². The third-order valence-corrected chi connectivity index (χ3v) is 5.60. The van der Waals surface area contributed by atoms with Crippen molar-refractivity contribution >= 4 is 24.4 Å². The van der Waals surface area contributed by atoms with Crippen molar-refractivity contribution in [2.45, 2.75) is 6.54 Å². The van der Waals surface area contributed by atoms with E-state index in [0.29, 0.717) is 24.6 Å². The van der Waals surface area contributed by atoms with E-state index >= 15 is 0 Å². The van der Waals surface area contributed by atoms with Gasteiger partial charge in [0.1, 0.15) is 23.5 Å². The van der Waals surface area contributed by atoms with Crippen molar-refractivity contribution in [3.8, 4) is 16.9 Å². The first-order valence-corrected chi connectivity index (χ1v) is 11.1. The van der Waals surface area contributed by atoms with Gasteiger partial charge in [0, 0.05) is 37.9 Å². The molecular formula is C19H24N5Na2O5P. The number of nitrogen functional groups attached to an aromatic ring is 1. The number of benzene rings is 1. The average molecular weight is 479 g/mol. The van der Waals surface area contributed by atoms with E-state index in [1.54, 1.807) is 12.0 Å². The van der Waals surface area contributed by atoms with Crippen LogP contribution in [0.5, 0.6) is 5.75 Å². The average Bonchev–Trinajstić information content (AvgIpc) is 3.09. The van der Waals surface area contributed by atoms with Gasteiger partial charge < -0.3 is 34.5 Å². The molecule has 0 radical (unpaired) electrons. The van der Waals surface area contributed by atoms with Gasteiger partial charge in [-0.05, 0) is 23.9 Å². The van der Waals surface area contributed by atoms with Crippen molar-refractivity contribution in [1.29, 1.82) is 0 Å². The molecule has 0 aliphatic rings. The van der Waals surface area contributed by atoms with Gasteiger partial charge in [0.15, 0.2) is 0 Å². The number of aliphatic hydroxyl groups is 1. The Morgan fingerprint density at radius 3 is 2.44 bits per heavy atom. The number of rotatable bonds is 10. The second-order valence-corrected chi connectivity index (χ2v) is 8.49. The van der Waals surface area contributed by atoms with Crippen LogP contribution in [0.25, 0.3) is 22.2 Å². The first kappa shape index (κ1) is 29.5. The number of aromatic nitrogens is 3. The molecule has 2 heterocycles. The summed E-state index contributed by atoms with van der Waals surface area (Å²) in [6, 6.07) is 7.54. The maximum absolute atomic E-state index is 11.0. The molecule has 0 atom stereocenters. The summed E-state index contributed by atoms with van der Waals surface area (Å²) >= 11 is 0. The largest absolute Gasteiger partial charge is 1.00 e. The fourth-order valence-corrected chi connectivity index (χ4v) is 3.82. The predicted molar refractivity (Wildman–Crippen MR) is 110 cm³/mol. The van der Waals surface area contributed by atoms with Crippen LogP contribution in [-0.4, -0.2) is 64.1 Å². The maximum Gasteiger partial charge on any atom is 1.00 e. The van der Waals surface area contributed by atoms with E-state index in [4.69, 9.17) is 10.5 Å². The second-order valence-electron chi connectivity index (χ2n) is 6.82. The van der Waals surface area contributed by atoms with E-state index in [2.05, 4.69) is 9.97 Å². The van der Waals surface area contributed by atoms with E-state index in [9.17, 15) is 19.5 Å². The molecular weight excluding hydrogens is 455 g/mol. The maximum atomic E-state index is 11.0. The van der Waals surface area contributed by atoms with Gasteiger partial charge >= 0.3 is 59.1 Å². The van der Waals surface area contributed by atoms with Crippen molar-refractivity contribution in [3.05, 3.63) is 36.8 Å². The van der Waals surface area contributed by atoms with Crippen LogP contribution in [0.4, 0.5) is 5.82 Å². The quantitative estimate of drug-likeness (QED) is 0.214. The van der Waals surface area contributed by atoms with Gasteiger partial charge in [-0.15, -0.1) is 0 Å². The summed E-state index contributed by atoms with van der Waals surface area (Å²) < 4.78 is 18.1. The minimum Gasteiger partial charge on any atom is -0.811 e. The summed E-state index contributed by atoms with van der Waals surface area (Å²) in [6.07, 6.45) is 2.83. The summed E-state index contributed by atoms with van der Waals surface area (Å²) in [5.74, 6) is 1.09. The Morgan fingerprint density at radius 2 is 1.84 bits per heavy atom. The third kappa shape index (κ3) is 7.78. The topological polar surface area (TPSA) is 153 Å². The molecule has 0 aliphatic heterocycles. The molecule has 32 heavy (non-hydrogen) atoms. The molecule has 3 aromatic rings. The minimum absolute atomic E-state index is 0. The zero-order valence-electron chi connectivity index (χ0n) is 18.6. The standard InChI is InChI=1S/C19H26N5O5P.2Na/c1-29-15-4-2-14(3-5-15)16-12-24(19-17(16)18(20)21-13-22-19)7-6-23(8-10-25)9-11-30(26,27)28;;/h2-5,12-13,25H,6-11H2,1H3,(H2,20,21,22)(H2,26,27,28);;/q;2*+1/p-2. The van der Waals surface area contributed by atoms with Gasteiger partial charge in [0.05, 0.1) is 19.1 Å². The van der Waals surface area contributed by atoms with Gasteiger partial charge in [-0.2, -0.15) is 0 Å². The van der Waals surface area contributed by atoms with Crippen LogP contribution in [0.3, 0.4) is 0 Å². The number of nitrogens with zero attached hydrogens (tertiary/aromatic N) is 4. The SMILES string of the molecule is COc1ccc(-c2cn(CCN(CCO)CCP(=O)([O-])[O-])c3ncnc(N)c23)cc1.[Na+].[Na+]. The van der Waals surface area contributed by atoms with Crippen molar-refractivity contribution in [1.82, 2.24) is 19.4 Å². The van der Waals surface area contributed by atoms with Crippen molar-refractivity contribution in [2.24, 2.45) is 0 Å². The summed E-state index contributed by atoms with van der Waals surface area (Å²) in [6.45, 7) is 1.08. The Hall–Kier alpha value is -0.490. The zero-order chi connectivity index (χ0) is 21.7. The molecule has 3 rings (SSSR count). The fourth-order valence-electron chi connectivity index (χ4n) is 3.30. The monoisotopic (exact) mass is 479 g/mol. The number of methoxy groups -OCH3 is 1. The molecule has 3 N–H and O–H groups in total. The number of nitrogens with two attached hydrogens (primary N) is 1. The van der Waals surface area contributed by atoms with Crippen LogP contribution >= 0.6 is 7.60 Å². The second kappa shape index (κ2) is 13.4. The molecule has 0 fully saturated rings. The van der Waals surface area contributed by atoms with Gasteiger partial charge in [0.25, 0.3) is 0 Å². The van der Waals surface area contributed by atoms with E-state index in [1.165, 1.54) is 6.33 Å². The van der Waals surface area contributed by atoms with Gasteiger partial charge in [0.2, 0.25) is 0 Å². The Bertz CT molecular complexity index is 1040. The number of ether oxygens (including phenoxy) is 1. The molecule has 10 nitrogen and oxygen atoms in total. The van der Waals surface area contributed by atoms with E-state index in [1.807, 2.05) is 35.0 Å². The molecule has 1 aromatic carbocycles. The minimum atomic E-state index is -4.60. The first-order chi connectivity index (χ1) is 14.3.